The average Bonchev–Trinajstić information content (AvgIpc) is 2.40. The zero-order valence-corrected chi connectivity index (χ0v) is 9.86. The van der Waals surface area contributed by atoms with Gasteiger partial charge in [-0.2, -0.15) is 0 Å². The molecular weight excluding hydrogens is 192 g/mol. The van der Waals surface area contributed by atoms with Crippen molar-refractivity contribution in [3.8, 4) is 0 Å². The van der Waals surface area contributed by atoms with Gasteiger partial charge in [0, 0.05) is 0 Å². The minimum absolute atomic E-state index is 0.923. The summed E-state index contributed by atoms with van der Waals surface area (Å²) in [6.45, 7) is 0. The first kappa shape index (κ1) is 9.27. The van der Waals surface area contributed by atoms with E-state index < -0.39 is 0 Å². The van der Waals surface area contributed by atoms with Crippen LogP contribution in [0.15, 0.2) is 24.3 Å². The number of fused-ring (bicyclic) bond motifs is 1. The summed E-state index contributed by atoms with van der Waals surface area (Å²) in [7, 11) is 0. The second-order valence-electron chi connectivity index (χ2n) is 6.03. The molecule has 0 aromatic heterocycles. The van der Waals surface area contributed by atoms with Gasteiger partial charge in [0.1, 0.15) is 0 Å². The fraction of sp³-hybridized carbons (Fsp3) is 0.625. The van der Waals surface area contributed by atoms with E-state index >= 15 is 0 Å². The lowest BCUT2D eigenvalue weighted by atomic mass is 9.53. The van der Waals surface area contributed by atoms with Gasteiger partial charge in [-0.05, 0) is 60.5 Å². The second-order valence-corrected chi connectivity index (χ2v) is 6.03. The Balaban J connectivity index is 1.85. The predicted octanol–water partition coefficient (Wildman–Crippen LogP) is 4.47. The highest BCUT2D eigenvalue weighted by Crippen LogP contribution is 2.59. The molecule has 16 heavy (non-hydrogen) atoms. The molecule has 0 radical (unpaired) electrons. The van der Waals surface area contributed by atoms with Crippen molar-refractivity contribution in [2.24, 2.45) is 11.8 Å². The summed E-state index contributed by atoms with van der Waals surface area (Å²) in [6, 6.07) is 9.32. The van der Waals surface area contributed by atoms with Crippen LogP contribution in [0.1, 0.15) is 61.5 Å². The van der Waals surface area contributed by atoms with E-state index in [0.29, 0.717) is 0 Å². The highest BCUT2D eigenvalue weighted by atomic mass is 14.5. The van der Waals surface area contributed by atoms with Crippen LogP contribution in [0.25, 0.3) is 0 Å². The van der Waals surface area contributed by atoms with E-state index in [1.54, 1.807) is 11.1 Å². The third-order valence-corrected chi connectivity index (χ3v) is 5.49. The van der Waals surface area contributed by atoms with E-state index in [1.165, 1.54) is 38.5 Å². The van der Waals surface area contributed by atoms with Gasteiger partial charge >= 0.3 is 0 Å². The van der Waals surface area contributed by atoms with Crippen LogP contribution in [0.2, 0.25) is 0 Å². The van der Waals surface area contributed by atoms with Gasteiger partial charge in [-0.25, -0.2) is 0 Å². The van der Waals surface area contributed by atoms with Crippen LogP contribution >= 0.6 is 0 Å². The van der Waals surface area contributed by atoms with Crippen LogP contribution < -0.4 is 0 Å². The van der Waals surface area contributed by atoms with Crippen LogP contribution in [0.3, 0.4) is 0 Å². The Morgan fingerprint density at radius 1 is 0.688 bits per heavy atom. The first-order valence-electron chi connectivity index (χ1n) is 7.04. The molecule has 0 aliphatic heterocycles. The molecule has 1 aromatic rings. The fourth-order valence-corrected chi connectivity index (χ4v) is 4.93. The van der Waals surface area contributed by atoms with E-state index in [9.17, 15) is 0 Å². The van der Waals surface area contributed by atoms with Gasteiger partial charge < -0.3 is 0 Å². The van der Waals surface area contributed by atoms with Gasteiger partial charge in [-0.15, -0.1) is 0 Å². The van der Waals surface area contributed by atoms with Gasteiger partial charge in [0.2, 0.25) is 0 Å². The molecule has 2 fully saturated rings. The van der Waals surface area contributed by atoms with Crippen molar-refractivity contribution in [3.63, 3.8) is 0 Å². The van der Waals surface area contributed by atoms with E-state index in [2.05, 4.69) is 24.3 Å². The van der Waals surface area contributed by atoms with Gasteiger partial charge in [-0.1, -0.05) is 37.1 Å². The third kappa shape index (κ3) is 1.11. The predicted molar refractivity (Wildman–Crippen MR) is 66.6 cm³/mol. The van der Waals surface area contributed by atoms with Gasteiger partial charge in [0.25, 0.3) is 0 Å². The average molecular weight is 212 g/mol. The fourth-order valence-electron chi connectivity index (χ4n) is 4.93. The van der Waals surface area contributed by atoms with Crippen LogP contribution in [0.5, 0.6) is 0 Å². The first-order chi connectivity index (χ1) is 7.95. The molecule has 0 heterocycles. The van der Waals surface area contributed by atoms with Gasteiger partial charge in [0.05, 0.1) is 0 Å². The molecular formula is C16H20. The number of rotatable bonds is 0. The molecule has 0 spiro atoms. The summed E-state index contributed by atoms with van der Waals surface area (Å²) in [6.07, 6.45) is 8.96. The van der Waals surface area contributed by atoms with E-state index in [1.807, 2.05) is 0 Å². The van der Waals surface area contributed by atoms with E-state index in [4.69, 9.17) is 0 Å². The topological polar surface area (TPSA) is 0 Å². The summed E-state index contributed by atoms with van der Waals surface area (Å²) < 4.78 is 0. The SMILES string of the molecule is c1ccc2c(c1)C1CCC2C2CCCCC12. The molecule has 0 heteroatoms. The Morgan fingerprint density at radius 3 is 1.69 bits per heavy atom. The van der Waals surface area contributed by atoms with Crippen molar-refractivity contribution in [2.75, 3.05) is 0 Å². The maximum absolute atomic E-state index is 2.41. The van der Waals surface area contributed by atoms with Crippen LogP contribution in [0.4, 0.5) is 0 Å². The molecule has 0 nitrogen and oxygen atoms in total. The third-order valence-electron chi connectivity index (χ3n) is 5.49. The zero-order valence-electron chi connectivity index (χ0n) is 9.86. The lowest BCUT2D eigenvalue weighted by Crippen LogP contribution is -2.39. The van der Waals surface area contributed by atoms with Crippen LogP contribution in [-0.4, -0.2) is 0 Å². The van der Waals surface area contributed by atoms with Gasteiger partial charge in [0.15, 0.2) is 0 Å². The summed E-state index contributed by atoms with van der Waals surface area (Å²) in [4.78, 5) is 0. The second kappa shape index (κ2) is 3.35. The standard InChI is InChI=1S/C16H20/c1-2-6-12-11(5-1)15-9-10-16(12)14-8-4-3-7-13(14)15/h1-2,5-6,13-16H,3-4,7-10H2. The van der Waals surface area contributed by atoms with Crippen molar-refractivity contribution in [3.05, 3.63) is 35.4 Å². The first-order valence-corrected chi connectivity index (χ1v) is 7.04. The van der Waals surface area contributed by atoms with Crippen LogP contribution in [-0.2, 0) is 0 Å². The smallest absolute Gasteiger partial charge is 0.0128 e. The maximum atomic E-state index is 2.41. The molecule has 4 atom stereocenters. The number of hydrogen-bond acceptors (Lipinski definition) is 0. The quantitative estimate of drug-likeness (QED) is 0.595. The maximum Gasteiger partial charge on any atom is -0.0128 e. The molecule has 5 rings (SSSR count). The van der Waals surface area contributed by atoms with Crippen LogP contribution in [0, 0.1) is 11.8 Å². The molecule has 0 N–H and O–H groups in total. The minimum atomic E-state index is 0.923. The molecule has 2 bridgehead atoms. The van der Waals surface area contributed by atoms with Crippen molar-refractivity contribution >= 4 is 0 Å². The Morgan fingerprint density at radius 2 is 1.19 bits per heavy atom. The molecule has 1 aromatic carbocycles. The van der Waals surface area contributed by atoms with Crippen molar-refractivity contribution in [1.29, 1.82) is 0 Å². The Kier molecular flexibility index (Phi) is 1.94. The lowest BCUT2D eigenvalue weighted by molar-refractivity contribution is 0.101. The highest BCUT2D eigenvalue weighted by molar-refractivity contribution is 5.40. The highest BCUT2D eigenvalue weighted by Gasteiger charge is 2.46. The molecule has 0 saturated heterocycles. The summed E-state index contributed by atoms with van der Waals surface area (Å²) in [5, 5.41) is 0. The molecule has 4 unspecified atom stereocenters. The van der Waals surface area contributed by atoms with Crippen molar-refractivity contribution in [1.82, 2.24) is 0 Å². The lowest BCUT2D eigenvalue weighted by Gasteiger charge is -2.52. The Labute approximate surface area is 98.1 Å². The Hall–Kier alpha value is -0.780. The Bertz CT molecular complexity index is 367. The van der Waals surface area contributed by atoms with E-state index in [0.717, 1.165) is 23.7 Å². The number of benzene rings is 1. The molecule has 2 saturated carbocycles. The van der Waals surface area contributed by atoms with Crippen molar-refractivity contribution in [2.45, 2.75) is 50.4 Å². The summed E-state index contributed by atoms with van der Waals surface area (Å²) in [5.74, 6) is 3.93. The minimum Gasteiger partial charge on any atom is -0.0620 e. The summed E-state index contributed by atoms with van der Waals surface area (Å²) in [5.41, 5.74) is 3.45. The van der Waals surface area contributed by atoms with E-state index in [-0.39, 0.29) is 0 Å². The zero-order chi connectivity index (χ0) is 10.5. The summed E-state index contributed by atoms with van der Waals surface area (Å²) >= 11 is 0. The molecule has 4 aliphatic carbocycles. The van der Waals surface area contributed by atoms with Crippen molar-refractivity contribution < 1.29 is 0 Å². The number of hydrogen-bond donors (Lipinski definition) is 0. The molecule has 0 amide bonds. The van der Waals surface area contributed by atoms with Gasteiger partial charge in [-0.3, -0.25) is 0 Å². The largest absolute Gasteiger partial charge is 0.0620 e. The monoisotopic (exact) mass is 212 g/mol. The molecule has 84 valence electrons. The molecule has 4 aliphatic rings. The normalized spacial score (nSPS) is 40.2.